The van der Waals surface area contributed by atoms with Crippen LogP contribution in [0.25, 0.3) is 0 Å². The third-order valence-corrected chi connectivity index (χ3v) is 3.34. The van der Waals surface area contributed by atoms with E-state index in [4.69, 9.17) is 16.3 Å². The number of anilines is 1. The Bertz CT molecular complexity index is 436. The van der Waals surface area contributed by atoms with Gasteiger partial charge in [0.05, 0.1) is 11.7 Å². The number of hydrogen-bond acceptors (Lipinski definition) is 2. The van der Waals surface area contributed by atoms with Crippen molar-refractivity contribution in [2.75, 3.05) is 18.0 Å². The monoisotopic (exact) mass is 271 g/mol. The largest absolute Gasteiger partial charge is 0.369 e. The lowest BCUT2D eigenvalue weighted by molar-refractivity contribution is -0.0749. The molecule has 1 aliphatic rings. The first-order valence-corrected chi connectivity index (χ1v) is 6.71. The molecule has 1 aromatic carbocycles. The van der Waals surface area contributed by atoms with E-state index in [9.17, 15) is 4.39 Å². The van der Waals surface area contributed by atoms with Gasteiger partial charge in [0.2, 0.25) is 0 Å². The van der Waals surface area contributed by atoms with E-state index in [1.165, 1.54) is 6.07 Å². The van der Waals surface area contributed by atoms with Gasteiger partial charge in [-0.05, 0) is 44.5 Å². The van der Waals surface area contributed by atoms with Crippen molar-refractivity contribution in [1.82, 2.24) is 0 Å². The van der Waals surface area contributed by atoms with E-state index >= 15 is 0 Å². The molecule has 0 spiro atoms. The van der Waals surface area contributed by atoms with Crippen LogP contribution in [0.5, 0.6) is 0 Å². The molecule has 2 rings (SSSR count). The van der Waals surface area contributed by atoms with Crippen LogP contribution in [0.1, 0.15) is 26.3 Å². The smallest absolute Gasteiger partial charge is 0.125 e. The van der Waals surface area contributed by atoms with E-state index in [0.29, 0.717) is 5.88 Å². The van der Waals surface area contributed by atoms with E-state index in [1.54, 1.807) is 6.07 Å². The van der Waals surface area contributed by atoms with E-state index < -0.39 is 0 Å². The maximum Gasteiger partial charge on any atom is 0.125 e. The zero-order valence-electron chi connectivity index (χ0n) is 11.0. The minimum atomic E-state index is -0.236. The van der Waals surface area contributed by atoms with Crippen molar-refractivity contribution in [3.05, 3.63) is 29.6 Å². The Morgan fingerprint density at radius 3 is 2.78 bits per heavy atom. The molecule has 0 aliphatic carbocycles. The van der Waals surface area contributed by atoms with Gasteiger partial charge in [-0.25, -0.2) is 4.39 Å². The number of alkyl halides is 1. The van der Waals surface area contributed by atoms with Gasteiger partial charge in [0.1, 0.15) is 5.82 Å². The maximum absolute atomic E-state index is 13.5. The molecule has 0 N–H and O–H groups in total. The van der Waals surface area contributed by atoms with E-state index in [1.807, 2.05) is 13.0 Å². The molecule has 1 saturated heterocycles. The summed E-state index contributed by atoms with van der Waals surface area (Å²) in [6.07, 6.45) is 0.136. The quantitative estimate of drug-likeness (QED) is 0.763. The second-order valence-electron chi connectivity index (χ2n) is 5.52. The summed E-state index contributed by atoms with van der Waals surface area (Å²) >= 11 is 5.78. The first kappa shape index (κ1) is 13.6. The van der Waals surface area contributed by atoms with Crippen LogP contribution in [0.15, 0.2) is 18.2 Å². The fraction of sp³-hybridized carbons (Fsp3) is 0.571. The van der Waals surface area contributed by atoms with Gasteiger partial charge in [-0.15, -0.1) is 11.6 Å². The van der Waals surface area contributed by atoms with Crippen LogP contribution in [0.3, 0.4) is 0 Å². The molecule has 1 fully saturated rings. The van der Waals surface area contributed by atoms with Gasteiger partial charge in [-0.1, -0.05) is 0 Å². The summed E-state index contributed by atoms with van der Waals surface area (Å²) in [4.78, 5) is 2.16. The SMILES string of the molecule is CC1CN(c2cc(F)cc(CCl)c2)CC(C)(C)O1. The summed E-state index contributed by atoms with van der Waals surface area (Å²) in [5.74, 6) is 0.0914. The van der Waals surface area contributed by atoms with Crippen LogP contribution >= 0.6 is 11.6 Å². The lowest BCUT2D eigenvalue weighted by Gasteiger charge is -2.43. The van der Waals surface area contributed by atoms with Gasteiger partial charge in [-0.3, -0.25) is 0 Å². The third kappa shape index (κ3) is 3.15. The number of ether oxygens (including phenoxy) is 1. The third-order valence-electron chi connectivity index (χ3n) is 3.03. The lowest BCUT2D eigenvalue weighted by Crippen LogP contribution is -2.52. The number of nitrogens with zero attached hydrogens (tertiary/aromatic N) is 1. The van der Waals surface area contributed by atoms with E-state index in [0.717, 1.165) is 24.3 Å². The lowest BCUT2D eigenvalue weighted by atomic mass is 10.0. The minimum Gasteiger partial charge on any atom is -0.369 e. The van der Waals surface area contributed by atoms with Gasteiger partial charge in [0, 0.05) is 24.7 Å². The number of rotatable bonds is 2. The van der Waals surface area contributed by atoms with E-state index in [2.05, 4.69) is 18.7 Å². The highest BCUT2D eigenvalue weighted by molar-refractivity contribution is 6.17. The number of benzene rings is 1. The first-order valence-electron chi connectivity index (χ1n) is 6.18. The molecule has 1 heterocycles. The molecular weight excluding hydrogens is 253 g/mol. The van der Waals surface area contributed by atoms with Crippen LogP contribution in [0.2, 0.25) is 0 Å². The van der Waals surface area contributed by atoms with Crippen molar-refractivity contribution in [3.8, 4) is 0 Å². The number of hydrogen-bond donors (Lipinski definition) is 0. The molecule has 1 aromatic rings. The van der Waals surface area contributed by atoms with Crippen molar-refractivity contribution in [2.24, 2.45) is 0 Å². The van der Waals surface area contributed by atoms with Crippen molar-refractivity contribution >= 4 is 17.3 Å². The molecule has 2 nitrogen and oxygen atoms in total. The maximum atomic E-state index is 13.5. The van der Waals surface area contributed by atoms with Gasteiger partial charge in [0.25, 0.3) is 0 Å². The Morgan fingerprint density at radius 2 is 2.17 bits per heavy atom. The minimum absolute atomic E-state index is 0.136. The molecule has 0 radical (unpaired) electrons. The Balaban J connectivity index is 2.27. The topological polar surface area (TPSA) is 12.5 Å². The van der Waals surface area contributed by atoms with Crippen LogP contribution in [0, 0.1) is 5.82 Å². The molecule has 0 bridgehead atoms. The fourth-order valence-corrected chi connectivity index (χ4v) is 2.70. The highest BCUT2D eigenvalue weighted by atomic mass is 35.5. The van der Waals surface area contributed by atoms with Gasteiger partial charge in [-0.2, -0.15) is 0 Å². The summed E-state index contributed by atoms with van der Waals surface area (Å²) < 4.78 is 19.4. The predicted octanol–water partition coefficient (Wildman–Crippen LogP) is 3.57. The average molecular weight is 272 g/mol. The van der Waals surface area contributed by atoms with Gasteiger partial charge in [0.15, 0.2) is 0 Å². The van der Waals surface area contributed by atoms with Crippen molar-refractivity contribution in [3.63, 3.8) is 0 Å². The molecule has 0 saturated carbocycles. The summed E-state index contributed by atoms with van der Waals surface area (Å²) in [7, 11) is 0. The summed E-state index contributed by atoms with van der Waals surface area (Å²) in [6.45, 7) is 7.67. The first-order chi connectivity index (χ1) is 8.39. The van der Waals surface area contributed by atoms with E-state index in [-0.39, 0.29) is 17.5 Å². The Hall–Kier alpha value is -0.800. The summed E-state index contributed by atoms with van der Waals surface area (Å²) in [5.41, 5.74) is 1.47. The number of morpholine rings is 1. The molecule has 18 heavy (non-hydrogen) atoms. The normalized spacial score (nSPS) is 23.2. The summed E-state index contributed by atoms with van der Waals surface area (Å²) in [5, 5.41) is 0. The molecule has 1 atom stereocenters. The second-order valence-corrected chi connectivity index (χ2v) is 5.79. The van der Waals surface area contributed by atoms with Crippen molar-refractivity contribution in [2.45, 2.75) is 38.4 Å². The van der Waals surface area contributed by atoms with Crippen LogP contribution in [0.4, 0.5) is 10.1 Å². The molecule has 0 aromatic heterocycles. The molecule has 0 amide bonds. The molecule has 100 valence electrons. The van der Waals surface area contributed by atoms with Crippen molar-refractivity contribution < 1.29 is 9.13 Å². The standard InChI is InChI=1S/C14H19ClFNO/c1-10-8-17(9-14(2,3)18-10)13-5-11(7-15)4-12(16)6-13/h4-6,10H,7-9H2,1-3H3. The average Bonchev–Trinajstić information content (AvgIpc) is 2.25. The molecular formula is C14H19ClFNO. The van der Waals surface area contributed by atoms with Crippen LogP contribution in [-0.2, 0) is 10.6 Å². The van der Waals surface area contributed by atoms with Gasteiger partial charge >= 0.3 is 0 Å². The molecule has 1 aliphatic heterocycles. The zero-order valence-corrected chi connectivity index (χ0v) is 11.8. The highest BCUT2D eigenvalue weighted by Gasteiger charge is 2.31. The van der Waals surface area contributed by atoms with Crippen LogP contribution in [-0.4, -0.2) is 24.8 Å². The fourth-order valence-electron chi connectivity index (χ4n) is 2.54. The predicted molar refractivity (Wildman–Crippen MR) is 72.8 cm³/mol. The van der Waals surface area contributed by atoms with Crippen LogP contribution < -0.4 is 4.90 Å². The Morgan fingerprint density at radius 1 is 1.44 bits per heavy atom. The number of halogens is 2. The van der Waals surface area contributed by atoms with Gasteiger partial charge < -0.3 is 9.64 Å². The Kier molecular flexibility index (Phi) is 3.83. The molecule has 4 heteroatoms. The summed E-state index contributed by atoms with van der Waals surface area (Å²) in [6, 6.07) is 4.99. The second kappa shape index (κ2) is 5.06. The Labute approximate surface area is 113 Å². The zero-order chi connectivity index (χ0) is 13.3. The van der Waals surface area contributed by atoms with Crippen molar-refractivity contribution in [1.29, 1.82) is 0 Å². The highest BCUT2D eigenvalue weighted by Crippen LogP contribution is 2.27. The molecule has 1 unspecified atom stereocenters.